The molecule has 0 spiro atoms. The Morgan fingerprint density at radius 3 is 1.93 bits per heavy atom. The minimum Gasteiger partial charge on any atom is -0.490 e. The van der Waals surface area contributed by atoms with Crippen LogP contribution in [0.2, 0.25) is 0 Å². The zero-order valence-electron chi connectivity index (χ0n) is 14.3. The molecule has 12 nitrogen and oxygen atoms in total. The summed E-state index contributed by atoms with van der Waals surface area (Å²) in [7, 11) is 2.27. The molecule has 0 N–H and O–H groups in total. The summed E-state index contributed by atoms with van der Waals surface area (Å²) in [5.74, 6) is -1.02. The average Bonchev–Trinajstić information content (AvgIpc) is 2.66. The summed E-state index contributed by atoms with van der Waals surface area (Å²) in [5.41, 5.74) is -1.69. The summed E-state index contributed by atoms with van der Waals surface area (Å²) < 4.78 is 9.45. The van der Waals surface area contributed by atoms with Crippen molar-refractivity contribution in [2.75, 3.05) is 14.2 Å². The Kier molecular flexibility index (Phi) is 6.10. The number of nitro groups is 3. The van der Waals surface area contributed by atoms with Gasteiger partial charge in [0.25, 0.3) is 11.4 Å². The Bertz CT molecular complexity index is 993. The van der Waals surface area contributed by atoms with Gasteiger partial charge in [0.1, 0.15) is 0 Å². The summed E-state index contributed by atoms with van der Waals surface area (Å²) in [5, 5.41) is 33.7. The molecule has 2 aromatic carbocycles. The fraction of sp³-hybridized carbons (Fsp3) is 0.133. The predicted octanol–water partition coefficient (Wildman–Crippen LogP) is 3.36. The molecule has 28 heavy (non-hydrogen) atoms. The lowest BCUT2D eigenvalue weighted by Crippen LogP contribution is -2.02. The van der Waals surface area contributed by atoms with Gasteiger partial charge in [-0.05, 0) is 12.1 Å². The third-order valence-electron chi connectivity index (χ3n) is 3.45. The van der Waals surface area contributed by atoms with Gasteiger partial charge in [-0.25, -0.2) is 4.79 Å². The van der Waals surface area contributed by atoms with Gasteiger partial charge in [0.2, 0.25) is 0 Å². The zero-order valence-corrected chi connectivity index (χ0v) is 15.1. The van der Waals surface area contributed by atoms with Gasteiger partial charge in [0.15, 0.2) is 5.75 Å². The van der Waals surface area contributed by atoms with Gasteiger partial charge in [-0.2, -0.15) is 0 Å². The summed E-state index contributed by atoms with van der Waals surface area (Å²) in [6.07, 6.45) is 0. The molecule has 0 radical (unpaired) electrons. The SMILES string of the molecule is COC(=O)c1ccc([N+](=O)[O-])c(Sc2cc(OC)c([N+](=O)[O-])cc2[N+](=O)[O-])c1. The van der Waals surface area contributed by atoms with Crippen LogP contribution in [0.3, 0.4) is 0 Å². The van der Waals surface area contributed by atoms with Crippen molar-refractivity contribution in [3.05, 3.63) is 66.2 Å². The molecule has 13 heteroatoms. The number of hydrogen-bond acceptors (Lipinski definition) is 10. The van der Waals surface area contributed by atoms with Gasteiger partial charge in [0.05, 0.1) is 50.4 Å². The fourth-order valence-electron chi connectivity index (χ4n) is 2.18. The van der Waals surface area contributed by atoms with Crippen LogP contribution in [0.1, 0.15) is 10.4 Å². The first kappa shape index (κ1) is 20.6. The first-order valence-corrected chi connectivity index (χ1v) is 8.06. The first-order valence-electron chi connectivity index (χ1n) is 7.25. The number of nitrogens with zero attached hydrogens (tertiary/aromatic N) is 3. The molecule has 0 saturated carbocycles. The molecule has 0 atom stereocenters. The van der Waals surface area contributed by atoms with Gasteiger partial charge in [-0.3, -0.25) is 30.3 Å². The Morgan fingerprint density at radius 2 is 1.43 bits per heavy atom. The number of carbonyl (C=O) groups excluding carboxylic acids is 1. The van der Waals surface area contributed by atoms with E-state index in [-0.39, 0.29) is 21.1 Å². The number of ether oxygens (including phenoxy) is 2. The molecule has 2 rings (SSSR count). The number of nitro benzene ring substituents is 3. The molecule has 0 aliphatic carbocycles. The quantitative estimate of drug-likeness (QED) is 0.376. The number of rotatable bonds is 7. The van der Waals surface area contributed by atoms with E-state index in [2.05, 4.69) is 4.74 Å². The Morgan fingerprint density at radius 1 is 0.857 bits per heavy atom. The van der Waals surface area contributed by atoms with Crippen molar-refractivity contribution in [3.8, 4) is 5.75 Å². The molecule has 0 aliphatic rings. The van der Waals surface area contributed by atoms with E-state index in [4.69, 9.17) is 4.74 Å². The topological polar surface area (TPSA) is 165 Å². The molecule has 2 aromatic rings. The summed E-state index contributed by atoms with van der Waals surface area (Å²) >= 11 is 0.596. The summed E-state index contributed by atoms with van der Waals surface area (Å²) in [6.45, 7) is 0. The van der Waals surface area contributed by atoms with E-state index in [0.29, 0.717) is 17.8 Å². The molecule has 0 bridgehead atoms. The Balaban J connectivity index is 2.66. The second-order valence-electron chi connectivity index (χ2n) is 5.04. The maximum atomic E-state index is 11.7. The molecule has 0 heterocycles. The van der Waals surface area contributed by atoms with Gasteiger partial charge in [-0.1, -0.05) is 11.8 Å². The maximum absolute atomic E-state index is 11.7. The standard InChI is InChI=1S/C15H11N3O9S/c1-26-12-7-14(11(18(24)25)6-10(12)17(22)23)28-13-5-8(15(19)27-2)3-4-9(13)16(20)21/h3-7H,1-2H3. The molecule has 146 valence electrons. The van der Waals surface area contributed by atoms with Gasteiger partial charge < -0.3 is 9.47 Å². The van der Waals surface area contributed by atoms with E-state index in [0.717, 1.165) is 32.4 Å². The minimum absolute atomic E-state index is 0.00729. The maximum Gasteiger partial charge on any atom is 0.337 e. The molecule has 0 fully saturated rings. The molecule has 0 aromatic heterocycles. The fourth-order valence-corrected chi connectivity index (χ4v) is 3.25. The molecule has 0 saturated heterocycles. The van der Waals surface area contributed by atoms with E-state index >= 15 is 0 Å². The number of hydrogen-bond donors (Lipinski definition) is 0. The molecule has 0 unspecified atom stereocenters. The van der Waals surface area contributed by atoms with Crippen LogP contribution in [-0.4, -0.2) is 35.0 Å². The van der Waals surface area contributed by atoms with Crippen LogP contribution in [0.4, 0.5) is 17.1 Å². The van der Waals surface area contributed by atoms with Gasteiger partial charge in [0, 0.05) is 12.1 Å². The smallest absolute Gasteiger partial charge is 0.337 e. The molecular weight excluding hydrogens is 398 g/mol. The monoisotopic (exact) mass is 409 g/mol. The first-order chi connectivity index (χ1) is 13.2. The summed E-state index contributed by atoms with van der Waals surface area (Å²) in [4.78, 5) is 42.7. The van der Waals surface area contributed by atoms with E-state index in [1.165, 1.54) is 6.07 Å². The van der Waals surface area contributed by atoms with Crippen molar-refractivity contribution in [2.45, 2.75) is 9.79 Å². The normalized spacial score (nSPS) is 10.2. The Labute approximate surface area is 160 Å². The third kappa shape index (κ3) is 4.15. The average molecular weight is 409 g/mol. The van der Waals surface area contributed by atoms with Crippen LogP contribution in [-0.2, 0) is 4.74 Å². The van der Waals surface area contributed by atoms with Crippen LogP contribution in [0.25, 0.3) is 0 Å². The number of esters is 1. The van der Waals surface area contributed by atoms with E-state index in [1.807, 2.05) is 0 Å². The highest BCUT2D eigenvalue weighted by atomic mass is 32.2. The van der Waals surface area contributed by atoms with Crippen molar-refractivity contribution in [1.82, 2.24) is 0 Å². The highest BCUT2D eigenvalue weighted by Crippen LogP contribution is 2.44. The van der Waals surface area contributed by atoms with Crippen LogP contribution in [0, 0.1) is 30.3 Å². The zero-order chi connectivity index (χ0) is 21.0. The Hall–Kier alpha value is -3.74. The number of methoxy groups -OCH3 is 2. The molecule has 0 aliphatic heterocycles. The van der Waals surface area contributed by atoms with Crippen LogP contribution in [0.5, 0.6) is 5.75 Å². The minimum atomic E-state index is -0.856. The highest BCUT2D eigenvalue weighted by molar-refractivity contribution is 7.99. The van der Waals surface area contributed by atoms with Crippen molar-refractivity contribution >= 4 is 34.8 Å². The van der Waals surface area contributed by atoms with Crippen LogP contribution in [0.15, 0.2) is 40.1 Å². The van der Waals surface area contributed by atoms with Crippen LogP contribution < -0.4 is 4.74 Å². The van der Waals surface area contributed by atoms with Crippen LogP contribution >= 0.6 is 11.8 Å². The van der Waals surface area contributed by atoms with Crippen molar-refractivity contribution in [2.24, 2.45) is 0 Å². The second kappa shape index (κ2) is 8.30. The number of benzene rings is 2. The highest BCUT2D eigenvalue weighted by Gasteiger charge is 2.28. The van der Waals surface area contributed by atoms with E-state index < -0.39 is 37.8 Å². The largest absolute Gasteiger partial charge is 0.490 e. The van der Waals surface area contributed by atoms with Crippen molar-refractivity contribution < 1.29 is 29.0 Å². The van der Waals surface area contributed by atoms with E-state index in [1.54, 1.807) is 0 Å². The summed E-state index contributed by atoms with van der Waals surface area (Å²) in [6, 6.07) is 5.13. The lowest BCUT2D eigenvalue weighted by atomic mass is 10.2. The lowest BCUT2D eigenvalue weighted by Gasteiger charge is -2.08. The van der Waals surface area contributed by atoms with Crippen molar-refractivity contribution in [1.29, 1.82) is 0 Å². The lowest BCUT2D eigenvalue weighted by molar-refractivity contribution is -0.396. The number of carbonyl (C=O) groups is 1. The molecular formula is C15H11N3O9S. The second-order valence-corrected chi connectivity index (χ2v) is 6.12. The van der Waals surface area contributed by atoms with E-state index in [9.17, 15) is 35.1 Å². The van der Waals surface area contributed by atoms with Gasteiger partial charge >= 0.3 is 11.7 Å². The van der Waals surface area contributed by atoms with Crippen molar-refractivity contribution in [3.63, 3.8) is 0 Å². The predicted molar refractivity (Wildman–Crippen MR) is 94.9 cm³/mol. The third-order valence-corrected chi connectivity index (χ3v) is 4.55. The van der Waals surface area contributed by atoms with Gasteiger partial charge in [-0.15, -0.1) is 0 Å². The molecule has 0 amide bonds.